The van der Waals surface area contributed by atoms with Crippen molar-refractivity contribution in [3.8, 4) is 23.7 Å². The number of hydrogen-bond donors (Lipinski definition) is 0. The molecule has 0 spiro atoms. The van der Waals surface area contributed by atoms with Gasteiger partial charge in [-0.1, -0.05) is 56.1 Å². The van der Waals surface area contributed by atoms with Crippen LogP contribution < -0.4 is 0 Å². The van der Waals surface area contributed by atoms with Crippen LogP contribution in [-0.2, 0) is 12.8 Å². The molecule has 0 nitrogen and oxygen atoms in total. The fourth-order valence-corrected chi connectivity index (χ4v) is 3.16. The molecule has 0 aliphatic heterocycles. The number of aryl methyl sites for hydroxylation is 3. The smallest absolute Gasteiger partial charge is 0.142 e. The first kappa shape index (κ1) is 21.4. The molecule has 3 aromatic rings. The van der Waals surface area contributed by atoms with Crippen molar-refractivity contribution in [2.75, 3.05) is 0 Å². The highest BCUT2D eigenvalue weighted by Gasteiger charge is 2.09. The molecule has 30 heavy (non-hydrogen) atoms. The second kappa shape index (κ2) is 9.91. The van der Waals surface area contributed by atoms with Crippen LogP contribution in [0, 0.1) is 42.2 Å². The highest BCUT2D eigenvalue weighted by molar-refractivity contribution is 5.52. The van der Waals surface area contributed by atoms with Gasteiger partial charge in [0, 0.05) is 16.7 Å². The maximum Gasteiger partial charge on any atom is 0.142 e. The number of hydrogen-bond acceptors (Lipinski definition) is 0. The molecule has 0 N–H and O–H groups in total. The van der Waals surface area contributed by atoms with Crippen molar-refractivity contribution < 1.29 is 8.78 Å². The molecule has 0 radical (unpaired) electrons. The molecule has 0 atom stereocenters. The van der Waals surface area contributed by atoms with Gasteiger partial charge in [0.15, 0.2) is 0 Å². The summed E-state index contributed by atoms with van der Waals surface area (Å²) >= 11 is 0. The molecule has 0 unspecified atom stereocenters. The molecule has 0 amide bonds. The summed E-state index contributed by atoms with van der Waals surface area (Å²) in [5, 5.41) is 0. The van der Waals surface area contributed by atoms with Gasteiger partial charge in [0.05, 0.1) is 5.56 Å². The second-order valence-corrected chi connectivity index (χ2v) is 7.26. The normalized spacial score (nSPS) is 10.0. The van der Waals surface area contributed by atoms with Crippen LogP contribution in [0.5, 0.6) is 0 Å². The predicted molar refractivity (Wildman–Crippen MR) is 119 cm³/mol. The zero-order valence-corrected chi connectivity index (χ0v) is 17.6. The third kappa shape index (κ3) is 5.37. The Morgan fingerprint density at radius 1 is 0.700 bits per heavy atom. The Bertz CT molecular complexity index is 1140. The van der Waals surface area contributed by atoms with Crippen LogP contribution in [0.1, 0.15) is 59.2 Å². The van der Waals surface area contributed by atoms with Crippen LogP contribution in [-0.4, -0.2) is 0 Å². The molecule has 0 saturated carbocycles. The average molecular weight is 398 g/mol. The molecule has 0 aliphatic rings. The molecule has 3 aromatic carbocycles. The van der Waals surface area contributed by atoms with E-state index >= 15 is 0 Å². The maximum absolute atomic E-state index is 14.2. The molecule has 0 aliphatic carbocycles. The van der Waals surface area contributed by atoms with Gasteiger partial charge in [-0.2, -0.15) is 0 Å². The van der Waals surface area contributed by atoms with Crippen molar-refractivity contribution in [3.05, 3.63) is 105 Å². The monoisotopic (exact) mass is 398 g/mol. The Labute approximate surface area is 178 Å². The standard InChI is InChI=1S/C28H24F2/c1-4-6-24-18-27(29)26(28(30)19-24)16-13-23-12-15-25(20(3)17-23)14-11-22-9-7-21(5-2)8-10-22/h7-10,12,15,17-19H,4-6H2,1-3H3. The Hall–Kier alpha value is -3.36. The van der Waals surface area contributed by atoms with Crippen LogP contribution in [0.25, 0.3) is 0 Å². The Morgan fingerprint density at radius 2 is 1.33 bits per heavy atom. The highest BCUT2D eigenvalue weighted by Crippen LogP contribution is 2.16. The van der Waals surface area contributed by atoms with Gasteiger partial charge < -0.3 is 0 Å². The summed E-state index contributed by atoms with van der Waals surface area (Å²) < 4.78 is 28.5. The predicted octanol–water partition coefficient (Wildman–Crippen LogP) is 6.59. The van der Waals surface area contributed by atoms with E-state index in [1.807, 2.05) is 44.2 Å². The quantitative estimate of drug-likeness (QED) is 0.437. The van der Waals surface area contributed by atoms with Gasteiger partial charge in [0.25, 0.3) is 0 Å². The van der Waals surface area contributed by atoms with E-state index in [1.165, 1.54) is 17.7 Å². The molecular formula is C28H24F2. The van der Waals surface area contributed by atoms with Crippen molar-refractivity contribution in [3.63, 3.8) is 0 Å². The Balaban J connectivity index is 1.81. The fraction of sp³-hybridized carbons (Fsp3) is 0.214. The van der Waals surface area contributed by atoms with E-state index in [-0.39, 0.29) is 5.56 Å². The van der Waals surface area contributed by atoms with Crippen molar-refractivity contribution in [1.29, 1.82) is 0 Å². The summed E-state index contributed by atoms with van der Waals surface area (Å²) in [6, 6.07) is 16.6. The van der Waals surface area contributed by atoms with E-state index in [9.17, 15) is 8.78 Å². The lowest BCUT2D eigenvalue weighted by Crippen LogP contribution is -1.95. The number of benzene rings is 3. The van der Waals surface area contributed by atoms with Crippen LogP contribution in [0.4, 0.5) is 8.78 Å². The lowest BCUT2D eigenvalue weighted by atomic mass is 10.0. The number of rotatable bonds is 3. The van der Waals surface area contributed by atoms with Crippen LogP contribution in [0.3, 0.4) is 0 Å². The van der Waals surface area contributed by atoms with Crippen molar-refractivity contribution in [2.45, 2.75) is 40.0 Å². The van der Waals surface area contributed by atoms with Crippen molar-refractivity contribution in [2.24, 2.45) is 0 Å². The van der Waals surface area contributed by atoms with E-state index in [0.29, 0.717) is 17.5 Å². The van der Waals surface area contributed by atoms with Gasteiger partial charge in [0.1, 0.15) is 11.6 Å². The van der Waals surface area contributed by atoms with Crippen LogP contribution in [0.2, 0.25) is 0 Å². The lowest BCUT2D eigenvalue weighted by molar-refractivity contribution is 0.573. The summed E-state index contributed by atoms with van der Waals surface area (Å²) in [6.07, 6.45) is 2.49. The molecule has 0 bridgehead atoms. The zero-order chi connectivity index (χ0) is 21.5. The van der Waals surface area contributed by atoms with Gasteiger partial charge in [0.2, 0.25) is 0 Å². The summed E-state index contributed by atoms with van der Waals surface area (Å²) in [5.41, 5.74) is 5.29. The van der Waals surface area contributed by atoms with E-state index in [0.717, 1.165) is 29.5 Å². The minimum absolute atomic E-state index is 0.188. The maximum atomic E-state index is 14.2. The van der Waals surface area contributed by atoms with Gasteiger partial charge in [-0.05, 0) is 78.9 Å². The summed E-state index contributed by atoms with van der Waals surface area (Å²) in [6.45, 7) is 6.05. The average Bonchev–Trinajstić information content (AvgIpc) is 2.73. The van der Waals surface area contributed by atoms with Crippen molar-refractivity contribution in [1.82, 2.24) is 0 Å². The molecule has 150 valence electrons. The highest BCUT2D eigenvalue weighted by atomic mass is 19.1. The summed E-state index contributed by atoms with van der Waals surface area (Å²) in [5.74, 6) is 10.7. The second-order valence-electron chi connectivity index (χ2n) is 7.26. The summed E-state index contributed by atoms with van der Waals surface area (Å²) in [4.78, 5) is 0. The van der Waals surface area contributed by atoms with Gasteiger partial charge in [-0.3, -0.25) is 0 Å². The van der Waals surface area contributed by atoms with Gasteiger partial charge in [-0.15, -0.1) is 0 Å². The van der Waals surface area contributed by atoms with E-state index in [2.05, 4.69) is 42.7 Å². The Kier molecular flexibility index (Phi) is 7.05. The van der Waals surface area contributed by atoms with Gasteiger partial charge >= 0.3 is 0 Å². The van der Waals surface area contributed by atoms with E-state index in [1.54, 1.807) is 0 Å². The molecule has 0 heterocycles. The lowest BCUT2D eigenvalue weighted by Gasteiger charge is -2.03. The van der Waals surface area contributed by atoms with Crippen LogP contribution in [0.15, 0.2) is 54.6 Å². The summed E-state index contributed by atoms with van der Waals surface area (Å²) in [7, 11) is 0. The first-order chi connectivity index (χ1) is 14.5. The van der Waals surface area contributed by atoms with Crippen molar-refractivity contribution >= 4 is 0 Å². The molecule has 0 fully saturated rings. The van der Waals surface area contributed by atoms with Crippen LogP contribution >= 0.6 is 0 Å². The largest absolute Gasteiger partial charge is 0.206 e. The fourth-order valence-electron chi connectivity index (χ4n) is 3.16. The minimum atomic E-state index is -0.612. The number of halogens is 2. The molecule has 3 rings (SSSR count). The molecule has 0 saturated heterocycles. The molecule has 2 heteroatoms. The first-order valence-corrected chi connectivity index (χ1v) is 10.2. The minimum Gasteiger partial charge on any atom is -0.206 e. The topological polar surface area (TPSA) is 0 Å². The van der Waals surface area contributed by atoms with E-state index in [4.69, 9.17) is 0 Å². The first-order valence-electron chi connectivity index (χ1n) is 10.2. The molecular weight excluding hydrogens is 374 g/mol. The zero-order valence-electron chi connectivity index (χ0n) is 17.6. The third-order valence-electron chi connectivity index (χ3n) is 4.90. The van der Waals surface area contributed by atoms with Gasteiger partial charge in [-0.25, -0.2) is 8.78 Å². The molecule has 0 aromatic heterocycles. The SMILES string of the molecule is CCCc1cc(F)c(C#Cc2ccc(C#Cc3ccc(CC)cc3)c(C)c2)c(F)c1. The Morgan fingerprint density at radius 3 is 1.93 bits per heavy atom. The third-order valence-corrected chi connectivity index (χ3v) is 4.90. The van der Waals surface area contributed by atoms with E-state index < -0.39 is 11.6 Å².